The molecule has 0 spiro atoms. The Labute approximate surface area is 236 Å². The minimum Gasteiger partial charge on any atom is -0.493 e. The molecule has 0 radical (unpaired) electrons. The van der Waals surface area contributed by atoms with Crippen LogP contribution in [-0.2, 0) is 23.3 Å². The molecule has 2 aromatic heterocycles. The molecule has 4 aromatic rings. The lowest BCUT2D eigenvalue weighted by atomic mass is 10.0. The van der Waals surface area contributed by atoms with Crippen molar-refractivity contribution in [3.05, 3.63) is 104 Å². The molecule has 1 atom stereocenters. The van der Waals surface area contributed by atoms with Gasteiger partial charge in [0.05, 0.1) is 16.5 Å². The van der Waals surface area contributed by atoms with Crippen molar-refractivity contribution in [2.24, 2.45) is 7.05 Å². The highest BCUT2D eigenvalue weighted by atomic mass is 32.2. The van der Waals surface area contributed by atoms with Crippen molar-refractivity contribution in [3.63, 3.8) is 0 Å². The van der Waals surface area contributed by atoms with E-state index in [0.29, 0.717) is 29.5 Å². The standard InChI is InChI=1S/C30H29FN4O5S/c1-4-6-9-26-33-28(36)27(30(38)35(26)25(5-2)20-10-11-21(18-32)24(31)17-20)41(39,40)22-14-12-19(13-15-22)23-8-7-16-34(3)29(23)37/h7-8,10-17,25,38H,4-6,9H2,1-3H3. The van der Waals surface area contributed by atoms with Crippen LogP contribution >= 0.6 is 0 Å². The van der Waals surface area contributed by atoms with Crippen molar-refractivity contribution >= 4 is 9.84 Å². The van der Waals surface area contributed by atoms with Gasteiger partial charge in [0, 0.05) is 25.2 Å². The Balaban J connectivity index is 1.88. The second-order valence-electron chi connectivity index (χ2n) is 9.60. The summed E-state index contributed by atoms with van der Waals surface area (Å²) in [6, 6.07) is 13.7. The number of nitrogens with zero attached hydrogens (tertiary/aromatic N) is 4. The summed E-state index contributed by atoms with van der Waals surface area (Å²) in [5.74, 6) is -1.39. The number of halogens is 1. The van der Waals surface area contributed by atoms with Gasteiger partial charge in [-0.05, 0) is 60.4 Å². The fourth-order valence-corrected chi connectivity index (χ4v) is 6.11. The molecule has 0 aliphatic carbocycles. The maximum absolute atomic E-state index is 14.5. The lowest BCUT2D eigenvalue weighted by Gasteiger charge is -2.25. The molecule has 0 aliphatic rings. The number of sulfone groups is 1. The number of aromatic nitrogens is 3. The van der Waals surface area contributed by atoms with Crippen LogP contribution in [0.5, 0.6) is 5.88 Å². The first-order chi connectivity index (χ1) is 19.5. The molecule has 11 heteroatoms. The van der Waals surface area contributed by atoms with Gasteiger partial charge in [-0.2, -0.15) is 10.2 Å². The van der Waals surface area contributed by atoms with Crippen LogP contribution in [0.3, 0.4) is 0 Å². The molecule has 4 rings (SSSR count). The highest BCUT2D eigenvalue weighted by Gasteiger charge is 2.32. The van der Waals surface area contributed by atoms with Crippen LogP contribution in [0.4, 0.5) is 4.39 Å². The van der Waals surface area contributed by atoms with Crippen LogP contribution in [-0.4, -0.2) is 27.6 Å². The molecule has 0 amide bonds. The zero-order valence-corrected chi connectivity index (χ0v) is 23.7. The molecular weight excluding hydrogens is 547 g/mol. The summed E-state index contributed by atoms with van der Waals surface area (Å²) in [4.78, 5) is 28.6. The summed E-state index contributed by atoms with van der Waals surface area (Å²) < 4.78 is 44.7. The summed E-state index contributed by atoms with van der Waals surface area (Å²) >= 11 is 0. The average molecular weight is 577 g/mol. The molecule has 0 bridgehead atoms. The van der Waals surface area contributed by atoms with Gasteiger partial charge in [-0.1, -0.05) is 38.5 Å². The van der Waals surface area contributed by atoms with E-state index in [1.54, 1.807) is 38.4 Å². The highest BCUT2D eigenvalue weighted by Crippen LogP contribution is 2.34. The third-order valence-electron chi connectivity index (χ3n) is 6.95. The van der Waals surface area contributed by atoms with Crippen LogP contribution in [0.1, 0.15) is 56.1 Å². The van der Waals surface area contributed by atoms with Gasteiger partial charge >= 0.3 is 0 Å². The molecule has 1 unspecified atom stereocenters. The fraction of sp³-hybridized carbons (Fsp3) is 0.267. The van der Waals surface area contributed by atoms with Gasteiger partial charge in [-0.25, -0.2) is 12.8 Å². The Morgan fingerprint density at radius 2 is 1.80 bits per heavy atom. The molecular formula is C30H29FN4O5S. The zero-order valence-electron chi connectivity index (χ0n) is 22.8. The van der Waals surface area contributed by atoms with Gasteiger partial charge in [-0.15, -0.1) is 0 Å². The first-order valence-electron chi connectivity index (χ1n) is 13.1. The van der Waals surface area contributed by atoms with E-state index in [-0.39, 0.29) is 28.3 Å². The Kier molecular flexibility index (Phi) is 8.54. The summed E-state index contributed by atoms with van der Waals surface area (Å²) in [6.07, 6.45) is 3.52. The van der Waals surface area contributed by atoms with Gasteiger partial charge in [-0.3, -0.25) is 14.2 Å². The van der Waals surface area contributed by atoms with Crippen molar-refractivity contribution < 1.29 is 17.9 Å². The Morgan fingerprint density at radius 1 is 1.10 bits per heavy atom. The minimum atomic E-state index is -4.57. The molecule has 41 heavy (non-hydrogen) atoms. The van der Waals surface area contributed by atoms with Gasteiger partial charge in [0.15, 0.2) is 4.90 Å². The SMILES string of the molecule is CCCCc1nc(=O)c(S(=O)(=O)c2ccc(-c3cccn(C)c3=O)cc2)c(O)n1C(CC)c1ccc(C#N)c(F)c1. The Hall–Kier alpha value is -4.56. The number of hydrogen-bond acceptors (Lipinski definition) is 7. The first kappa shape index (κ1) is 29.4. The second-order valence-corrected chi connectivity index (χ2v) is 11.5. The van der Waals surface area contributed by atoms with Crippen LogP contribution in [0.25, 0.3) is 11.1 Å². The van der Waals surface area contributed by atoms with Gasteiger partial charge < -0.3 is 9.67 Å². The molecule has 0 fully saturated rings. The predicted octanol–water partition coefficient (Wildman–Crippen LogP) is 4.50. The highest BCUT2D eigenvalue weighted by molar-refractivity contribution is 7.91. The van der Waals surface area contributed by atoms with Crippen molar-refractivity contribution in [1.29, 1.82) is 5.26 Å². The lowest BCUT2D eigenvalue weighted by Crippen LogP contribution is -2.27. The van der Waals surface area contributed by atoms with E-state index in [2.05, 4.69) is 4.98 Å². The molecule has 1 N–H and O–H groups in total. The molecule has 2 aromatic carbocycles. The Bertz CT molecular complexity index is 1870. The van der Waals surface area contributed by atoms with E-state index in [4.69, 9.17) is 5.26 Å². The Morgan fingerprint density at radius 3 is 2.41 bits per heavy atom. The maximum atomic E-state index is 14.5. The number of nitriles is 1. The van der Waals surface area contributed by atoms with Gasteiger partial charge in [0.25, 0.3) is 11.1 Å². The van der Waals surface area contributed by atoms with Gasteiger partial charge in [0.2, 0.25) is 15.7 Å². The molecule has 0 saturated heterocycles. The van der Waals surface area contributed by atoms with Crippen molar-refractivity contribution in [1.82, 2.24) is 14.1 Å². The van der Waals surface area contributed by atoms with E-state index in [1.807, 2.05) is 6.92 Å². The monoisotopic (exact) mass is 576 g/mol. The number of benzene rings is 2. The van der Waals surface area contributed by atoms with Crippen LogP contribution in [0.2, 0.25) is 0 Å². The quantitative estimate of drug-likeness (QED) is 0.310. The van der Waals surface area contributed by atoms with Crippen molar-refractivity contribution in [2.45, 2.75) is 55.4 Å². The topological polar surface area (TPSA) is 135 Å². The molecule has 2 heterocycles. The number of aromatic hydroxyl groups is 1. The number of pyridine rings is 1. The molecule has 0 saturated carbocycles. The van der Waals surface area contributed by atoms with E-state index < -0.39 is 38.0 Å². The molecule has 212 valence electrons. The second kappa shape index (κ2) is 11.9. The largest absolute Gasteiger partial charge is 0.493 e. The van der Waals surface area contributed by atoms with Gasteiger partial charge in [0.1, 0.15) is 17.7 Å². The third-order valence-corrected chi connectivity index (χ3v) is 8.74. The summed E-state index contributed by atoms with van der Waals surface area (Å²) in [5, 5.41) is 20.5. The number of rotatable bonds is 9. The average Bonchev–Trinajstić information content (AvgIpc) is 2.95. The normalized spacial score (nSPS) is 12.2. The van der Waals surface area contributed by atoms with E-state index in [1.165, 1.54) is 45.5 Å². The summed E-state index contributed by atoms with van der Waals surface area (Å²) in [5.41, 5.74) is -0.302. The number of aryl methyl sites for hydroxylation is 2. The first-order valence-corrected chi connectivity index (χ1v) is 14.6. The number of unbranched alkanes of at least 4 members (excludes halogenated alkanes) is 1. The fourth-order valence-electron chi connectivity index (χ4n) is 4.77. The smallest absolute Gasteiger partial charge is 0.296 e. The van der Waals surface area contributed by atoms with Crippen LogP contribution < -0.4 is 11.1 Å². The maximum Gasteiger partial charge on any atom is 0.296 e. The zero-order chi connectivity index (χ0) is 29.9. The van der Waals surface area contributed by atoms with E-state index in [0.717, 1.165) is 12.5 Å². The van der Waals surface area contributed by atoms with Crippen LogP contribution in [0.15, 0.2) is 80.2 Å². The molecule has 9 nitrogen and oxygen atoms in total. The summed E-state index contributed by atoms with van der Waals surface area (Å²) in [6.45, 7) is 3.70. The lowest BCUT2D eigenvalue weighted by molar-refractivity contribution is 0.358. The molecule has 0 aliphatic heterocycles. The van der Waals surface area contributed by atoms with E-state index in [9.17, 15) is 27.5 Å². The van der Waals surface area contributed by atoms with E-state index >= 15 is 0 Å². The van der Waals surface area contributed by atoms with Crippen LogP contribution in [0, 0.1) is 17.1 Å². The minimum absolute atomic E-state index is 0.155. The summed E-state index contributed by atoms with van der Waals surface area (Å²) in [7, 11) is -2.96. The van der Waals surface area contributed by atoms with Crippen molar-refractivity contribution in [2.75, 3.05) is 0 Å². The van der Waals surface area contributed by atoms with Crippen molar-refractivity contribution in [3.8, 4) is 23.1 Å². The number of hydrogen-bond donors (Lipinski definition) is 1. The predicted molar refractivity (Wildman–Crippen MR) is 151 cm³/mol. The third kappa shape index (κ3) is 5.56.